The molecular weight excluding hydrogens is 314 g/mol. The summed E-state index contributed by atoms with van der Waals surface area (Å²) < 4.78 is 0. The Morgan fingerprint density at radius 2 is 1.83 bits per heavy atom. The molecule has 2 fully saturated rings. The fourth-order valence-electron chi connectivity index (χ4n) is 3.86. The molecular formula is C17H22ClN3O2. The number of hydrogen-bond donors (Lipinski definition) is 2. The van der Waals surface area contributed by atoms with E-state index in [1.54, 1.807) is 19.1 Å². The van der Waals surface area contributed by atoms with Gasteiger partial charge in [-0.25, -0.2) is 4.79 Å². The van der Waals surface area contributed by atoms with E-state index in [9.17, 15) is 9.59 Å². The smallest absolute Gasteiger partial charge is 0.322 e. The van der Waals surface area contributed by atoms with Gasteiger partial charge < -0.3 is 15.5 Å². The van der Waals surface area contributed by atoms with Crippen LogP contribution >= 0.6 is 11.6 Å². The van der Waals surface area contributed by atoms with Crippen LogP contribution in [0.3, 0.4) is 0 Å². The molecule has 2 saturated heterocycles. The SMILES string of the molecule is CC(=O)NC1CC2CCCC(C1)N2C(=O)Nc1ccccc1Cl. The summed E-state index contributed by atoms with van der Waals surface area (Å²) in [5.74, 6) is 0.00189. The monoisotopic (exact) mass is 335 g/mol. The van der Waals surface area contributed by atoms with E-state index in [0.717, 1.165) is 32.1 Å². The zero-order valence-electron chi connectivity index (χ0n) is 13.2. The Balaban J connectivity index is 1.71. The number of anilines is 1. The number of piperidine rings is 2. The van der Waals surface area contributed by atoms with E-state index in [1.807, 2.05) is 17.0 Å². The molecule has 0 aromatic heterocycles. The quantitative estimate of drug-likeness (QED) is 0.870. The number of urea groups is 1. The first-order valence-corrected chi connectivity index (χ1v) is 8.53. The number of amides is 3. The summed E-state index contributed by atoms with van der Waals surface area (Å²) in [5, 5.41) is 6.48. The van der Waals surface area contributed by atoms with E-state index in [0.29, 0.717) is 10.7 Å². The molecule has 2 heterocycles. The fourth-order valence-corrected chi connectivity index (χ4v) is 4.04. The first-order chi connectivity index (χ1) is 11.0. The van der Waals surface area contributed by atoms with Crippen LogP contribution in [0.25, 0.3) is 0 Å². The molecule has 23 heavy (non-hydrogen) atoms. The number of nitrogens with one attached hydrogen (secondary N) is 2. The van der Waals surface area contributed by atoms with Gasteiger partial charge in [0.2, 0.25) is 5.91 Å². The van der Waals surface area contributed by atoms with Crippen molar-refractivity contribution < 1.29 is 9.59 Å². The van der Waals surface area contributed by atoms with Gasteiger partial charge in [0.1, 0.15) is 0 Å². The van der Waals surface area contributed by atoms with Crippen molar-refractivity contribution in [1.82, 2.24) is 10.2 Å². The van der Waals surface area contributed by atoms with E-state index in [-0.39, 0.29) is 30.1 Å². The number of carbonyl (C=O) groups is 2. The zero-order valence-corrected chi connectivity index (χ0v) is 14.0. The summed E-state index contributed by atoms with van der Waals surface area (Å²) in [6.45, 7) is 1.55. The predicted molar refractivity (Wildman–Crippen MR) is 90.6 cm³/mol. The van der Waals surface area contributed by atoms with Crippen LogP contribution in [0.5, 0.6) is 0 Å². The number of hydrogen-bond acceptors (Lipinski definition) is 2. The lowest BCUT2D eigenvalue weighted by Gasteiger charge is -2.48. The molecule has 2 N–H and O–H groups in total. The number of rotatable bonds is 2. The van der Waals surface area contributed by atoms with E-state index < -0.39 is 0 Å². The third-order valence-corrected chi connectivity index (χ3v) is 5.06. The molecule has 3 amide bonds. The normalized spacial score (nSPS) is 26.5. The number of carbonyl (C=O) groups excluding carboxylic acids is 2. The summed E-state index contributed by atoms with van der Waals surface area (Å²) in [7, 11) is 0. The maximum absolute atomic E-state index is 12.7. The van der Waals surface area contributed by atoms with Gasteiger partial charge in [-0.05, 0) is 44.2 Å². The van der Waals surface area contributed by atoms with Crippen molar-refractivity contribution in [1.29, 1.82) is 0 Å². The third-order valence-electron chi connectivity index (χ3n) is 4.73. The maximum Gasteiger partial charge on any atom is 0.322 e. The van der Waals surface area contributed by atoms with Gasteiger partial charge in [0.15, 0.2) is 0 Å². The Labute approximate surface area is 141 Å². The van der Waals surface area contributed by atoms with Gasteiger partial charge in [-0.2, -0.15) is 0 Å². The molecule has 2 bridgehead atoms. The molecule has 2 unspecified atom stereocenters. The number of fused-ring (bicyclic) bond motifs is 2. The second kappa shape index (κ2) is 6.79. The summed E-state index contributed by atoms with van der Waals surface area (Å²) in [6, 6.07) is 7.71. The summed E-state index contributed by atoms with van der Waals surface area (Å²) in [5.41, 5.74) is 0.640. The lowest BCUT2D eigenvalue weighted by atomic mass is 9.82. The molecule has 0 radical (unpaired) electrons. The van der Waals surface area contributed by atoms with Crippen molar-refractivity contribution in [2.24, 2.45) is 0 Å². The average Bonchev–Trinajstić information content (AvgIpc) is 2.48. The molecule has 2 aliphatic rings. The Kier molecular flexibility index (Phi) is 4.76. The average molecular weight is 336 g/mol. The molecule has 6 heteroatoms. The van der Waals surface area contributed by atoms with Crippen molar-refractivity contribution in [2.75, 3.05) is 5.32 Å². The molecule has 3 rings (SSSR count). The minimum Gasteiger partial charge on any atom is -0.353 e. The van der Waals surface area contributed by atoms with Crippen LogP contribution in [-0.2, 0) is 4.79 Å². The van der Waals surface area contributed by atoms with Gasteiger partial charge in [0.05, 0.1) is 10.7 Å². The topological polar surface area (TPSA) is 61.4 Å². The van der Waals surface area contributed by atoms with Gasteiger partial charge in [-0.3, -0.25) is 4.79 Å². The first-order valence-electron chi connectivity index (χ1n) is 8.15. The molecule has 5 nitrogen and oxygen atoms in total. The number of benzene rings is 1. The standard InChI is InChI=1S/C17H22ClN3O2/c1-11(22)19-12-9-13-5-4-6-14(10-12)21(13)17(23)20-16-8-3-2-7-15(16)18/h2-3,7-8,12-14H,4-6,9-10H2,1H3,(H,19,22)(H,20,23). The van der Waals surface area contributed by atoms with E-state index in [2.05, 4.69) is 10.6 Å². The van der Waals surface area contributed by atoms with Gasteiger partial charge in [0, 0.05) is 25.0 Å². The molecule has 0 saturated carbocycles. The van der Waals surface area contributed by atoms with Gasteiger partial charge in [-0.15, -0.1) is 0 Å². The van der Waals surface area contributed by atoms with Gasteiger partial charge in [0.25, 0.3) is 0 Å². The molecule has 2 atom stereocenters. The number of nitrogens with zero attached hydrogens (tertiary/aromatic N) is 1. The van der Waals surface area contributed by atoms with E-state index in [4.69, 9.17) is 11.6 Å². The largest absolute Gasteiger partial charge is 0.353 e. The van der Waals surface area contributed by atoms with Crippen LogP contribution in [0.2, 0.25) is 5.02 Å². The van der Waals surface area contributed by atoms with Crippen LogP contribution in [0, 0.1) is 0 Å². The number of para-hydroxylation sites is 1. The Morgan fingerprint density at radius 3 is 2.43 bits per heavy atom. The summed E-state index contributed by atoms with van der Waals surface area (Å²) in [4.78, 5) is 26.0. The molecule has 124 valence electrons. The van der Waals surface area contributed by atoms with Crippen LogP contribution < -0.4 is 10.6 Å². The zero-order chi connectivity index (χ0) is 16.4. The van der Waals surface area contributed by atoms with Crippen molar-refractivity contribution in [2.45, 2.75) is 57.2 Å². The molecule has 1 aromatic carbocycles. The summed E-state index contributed by atoms with van der Waals surface area (Å²) >= 11 is 6.13. The fraction of sp³-hybridized carbons (Fsp3) is 0.529. The highest BCUT2D eigenvalue weighted by molar-refractivity contribution is 6.33. The Hall–Kier alpha value is -1.75. The molecule has 0 spiro atoms. The van der Waals surface area contributed by atoms with Crippen molar-refractivity contribution in [3.63, 3.8) is 0 Å². The summed E-state index contributed by atoms with van der Waals surface area (Å²) in [6.07, 6.45) is 4.76. The molecule has 0 aliphatic carbocycles. The third kappa shape index (κ3) is 3.61. The maximum atomic E-state index is 12.7. The second-order valence-corrected chi connectivity index (χ2v) is 6.83. The first kappa shape index (κ1) is 16.1. The van der Waals surface area contributed by atoms with Gasteiger partial charge >= 0.3 is 6.03 Å². The predicted octanol–water partition coefficient (Wildman–Crippen LogP) is 3.39. The Morgan fingerprint density at radius 1 is 1.17 bits per heavy atom. The highest BCUT2D eigenvalue weighted by atomic mass is 35.5. The second-order valence-electron chi connectivity index (χ2n) is 6.42. The highest BCUT2D eigenvalue weighted by Crippen LogP contribution is 2.35. The molecule has 2 aliphatic heterocycles. The van der Waals surface area contributed by atoms with Crippen molar-refractivity contribution >= 4 is 29.2 Å². The lowest BCUT2D eigenvalue weighted by molar-refractivity contribution is -0.120. The van der Waals surface area contributed by atoms with Crippen LogP contribution in [0.4, 0.5) is 10.5 Å². The molecule has 1 aromatic rings. The van der Waals surface area contributed by atoms with Gasteiger partial charge in [-0.1, -0.05) is 23.7 Å². The minimum absolute atomic E-state index is 0.00189. The Bertz CT molecular complexity index is 593. The van der Waals surface area contributed by atoms with E-state index >= 15 is 0 Å². The number of halogens is 1. The van der Waals surface area contributed by atoms with Crippen molar-refractivity contribution in [3.8, 4) is 0 Å². The highest BCUT2D eigenvalue weighted by Gasteiger charge is 2.41. The minimum atomic E-state index is -0.0888. The van der Waals surface area contributed by atoms with Crippen LogP contribution in [-0.4, -0.2) is 35.0 Å². The van der Waals surface area contributed by atoms with Crippen LogP contribution in [0.1, 0.15) is 39.0 Å². The van der Waals surface area contributed by atoms with Crippen LogP contribution in [0.15, 0.2) is 24.3 Å². The van der Waals surface area contributed by atoms with Crippen molar-refractivity contribution in [3.05, 3.63) is 29.3 Å². The van der Waals surface area contributed by atoms with E-state index in [1.165, 1.54) is 0 Å². The lowest BCUT2D eigenvalue weighted by Crippen LogP contribution is -2.59.